The van der Waals surface area contributed by atoms with Crippen LogP contribution in [-0.2, 0) is 11.2 Å². The largest absolute Gasteiger partial charge is 0.493 e. The van der Waals surface area contributed by atoms with E-state index in [2.05, 4.69) is 0 Å². The minimum atomic E-state index is -1.30. The first-order valence-electron chi connectivity index (χ1n) is 11.8. The standard InChI is InChI=1S/C28H29F2NO5/c1-28(2,3)25-12-16-11-24(36-10-6-9-35-4)19(17-7-5-8-21(29)26(17)30)13-18(16)22-14-23(32)20(27(33)34)15-31(22)25/h5,7-8,11,13-15,25H,6,9-10,12H2,1-4H3,(H,33,34). The summed E-state index contributed by atoms with van der Waals surface area (Å²) in [5.41, 5.74) is 1.22. The summed E-state index contributed by atoms with van der Waals surface area (Å²) in [4.78, 5) is 24.4. The maximum absolute atomic E-state index is 14.9. The van der Waals surface area contributed by atoms with Crippen LogP contribution in [0.2, 0.25) is 0 Å². The fraction of sp³-hybridized carbons (Fsp3) is 0.357. The summed E-state index contributed by atoms with van der Waals surface area (Å²) in [6.45, 7) is 6.94. The molecule has 6 nitrogen and oxygen atoms in total. The average Bonchev–Trinajstić information content (AvgIpc) is 2.81. The van der Waals surface area contributed by atoms with Gasteiger partial charge < -0.3 is 19.1 Å². The Morgan fingerprint density at radius 3 is 2.53 bits per heavy atom. The lowest BCUT2D eigenvalue weighted by molar-refractivity contribution is 0.0693. The van der Waals surface area contributed by atoms with Gasteiger partial charge in [0.1, 0.15) is 11.3 Å². The number of pyridine rings is 1. The Kier molecular flexibility index (Phi) is 7.00. The molecule has 1 aliphatic heterocycles. The molecule has 0 saturated carbocycles. The molecule has 0 fully saturated rings. The van der Waals surface area contributed by atoms with Crippen molar-refractivity contribution in [3.05, 3.63) is 75.6 Å². The van der Waals surface area contributed by atoms with Crippen molar-refractivity contribution >= 4 is 5.97 Å². The molecule has 1 N–H and O–H groups in total. The first kappa shape index (κ1) is 25.6. The molecule has 36 heavy (non-hydrogen) atoms. The van der Waals surface area contributed by atoms with E-state index in [9.17, 15) is 23.5 Å². The molecule has 3 aromatic rings. The zero-order valence-corrected chi connectivity index (χ0v) is 20.7. The smallest absolute Gasteiger partial charge is 0.341 e. The van der Waals surface area contributed by atoms with Crippen molar-refractivity contribution in [2.75, 3.05) is 20.3 Å². The summed E-state index contributed by atoms with van der Waals surface area (Å²) >= 11 is 0. The number of hydrogen-bond acceptors (Lipinski definition) is 4. The Bertz CT molecular complexity index is 1370. The predicted octanol–water partition coefficient (Wildman–Crippen LogP) is 5.72. The molecule has 1 aliphatic rings. The highest BCUT2D eigenvalue weighted by Gasteiger charge is 2.34. The normalized spacial score (nSPS) is 14.8. The van der Waals surface area contributed by atoms with Crippen LogP contribution in [0.1, 0.15) is 49.2 Å². The van der Waals surface area contributed by atoms with Gasteiger partial charge in [0.25, 0.3) is 0 Å². The van der Waals surface area contributed by atoms with E-state index in [0.29, 0.717) is 48.6 Å². The van der Waals surface area contributed by atoms with Gasteiger partial charge in [0, 0.05) is 55.1 Å². The lowest BCUT2D eigenvalue weighted by atomic mass is 9.78. The van der Waals surface area contributed by atoms with E-state index in [1.54, 1.807) is 13.2 Å². The maximum atomic E-state index is 14.9. The molecule has 0 aliphatic carbocycles. The molecular weight excluding hydrogens is 468 g/mol. The SMILES string of the molecule is COCCCOc1cc2c(cc1-c1cccc(F)c1F)-c1cc(=O)c(C(=O)O)cn1C(C(C)(C)C)C2. The van der Waals surface area contributed by atoms with Gasteiger partial charge in [0.2, 0.25) is 0 Å². The van der Waals surface area contributed by atoms with E-state index < -0.39 is 23.0 Å². The van der Waals surface area contributed by atoms with Crippen LogP contribution in [0.5, 0.6) is 5.75 Å². The fourth-order valence-corrected chi connectivity index (χ4v) is 4.67. The van der Waals surface area contributed by atoms with Gasteiger partial charge in [-0.3, -0.25) is 4.79 Å². The van der Waals surface area contributed by atoms with Gasteiger partial charge in [-0.25, -0.2) is 13.6 Å². The van der Waals surface area contributed by atoms with Crippen LogP contribution < -0.4 is 10.2 Å². The molecule has 0 saturated heterocycles. The highest BCUT2D eigenvalue weighted by atomic mass is 19.2. The molecule has 2 aromatic carbocycles. The van der Waals surface area contributed by atoms with Crippen LogP contribution in [0.25, 0.3) is 22.4 Å². The van der Waals surface area contributed by atoms with Crippen molar-refractivity contribution in [1.29, 1.82) is 0 Å². The predicted molar refractivity (Wildman–Crippen MR) is 133 cm³/mol. The number of rotatable bonds is 7. The summed E-state index contributed by atoms with van der Waals surface area (Å²) in [7, 11) is 1.59. The summed E-state index contributed by atoms with van der Waals surface area (Å²) in [5, 5.41) is 9.54. The molecule has 190 valence electrons. The van der Waals surface area contributed by atoms with Gasteiger partial charge in [0.15, 0.2) is 17.1 Å². The zero-order chi connectivity index (χ0) is 26.2. The number of methoxy groups -OCH3 is 1. The summed E-state index contributed by atoms with van der Waals surface area (Å²) in [5.74, 6) is -2.87. The molecule has 0 amide bonds. The van der Waals surface area contributed by atoms with Crippen LogP contribution in [0.3, 0.4) is 0 Å². The van der Waals surface area contributed by atoms with E-state index in [1.165, 1.54) is 24.4 Å². The molecule has 1 unspecified atom stereocenters. The Morgan fingerprint density at radius 1 is 1.11 bits per heavy atom. The Morgan fingerprint density at radius 2 is 1.86 bits per heavy atom. The molecule has 0 spiro atoms. The van der Waals surface area contributed by atoms with Crippen LogP contribution in [0.4, 0.5) is 8.78 Å². The van der Waals surface area contributed by atoms with E-state index >= 15 is 0 Å². The minimum absolute atomic E-state index is 0.0357. The highest BCUT2D eigenvalue weighted by molar-refractivity contribution is 5.88. The quantitative estimate of drug-likeness (QED) is 0.423. The minimum Gasteiger partial charge on any atom is -0.493 e. The number of carboxylic acid groups (broad SMARTS) is 1. The zero-order valence-electron chi connectivity index (χ0n) is 20.7. The van der Waals surface area contributed by atoms with Gasteiger partial charge in [-0.1, -0.05) is 32.9 Å². The fourth-order valence-electron chi connectivity index (χ4n) is 4.67. The number of fused-ring (bicyclic) bond motifs is 3. The average molecular weight is 498 g/mol. The number of nitrogens with zero attached hydrogens (tertiary/aromatic N) is 1. The Balaban J connectivity index is 1.96. The van der Waals surface area contributed by atoms with Crippen molar-refractivity contribution in [2.24, 2.45) is 5.41 Å². The summed E-state index contributed by atoms with van der Waals surface area (Å²) < 4.78 is 42.0. The van der Waals surface area contributed by atoms with E-state index in [1.807, 2.05) is 31.4 Å². The van der Waals surface area contributed by atoms with E-state index in [0.717, 1.165) is 11.6 Å². The lowest BCUT2D eigenvalue weighted by Gasteiger charge is -2.39. The lowest BCUT2D eigenvalue weighted by Crippen LogP contribution is -2.32. The number of carbonyl (C=O) groups is 1. The topological polar surface area (TPSA) is 77.8 Å². The molecule has 4 rings (SSSR count). The summed E-state index contributed by atoms with van der Waals surface area (Å²) in [6.07, 6.45) is 2.53. The second-order valence-corrected chi connectivity index (χ2v) is 10.0. The van der Waals surface area contributed by atoms with Gasteiger partial charge >= 0.3 is 5.97 Å². The van der Waals surface area contributed by atoms with E-state index in [-0.39, 0.29) is 22.6 Å². The first-order chi connectivity index (χ1) is 17.0. The number of hydrogen-bond donors (Lipinski definition) is 1. The Hall–Kier alpha value is -3.52. The van der Waals surface area contributed by atoms with E-state index in [4.69, 9.17) is 9.47 Å². The highest BCUT2D eigenvalue weighted by Crippen LogP contribution is 2.46. The third-order valence-electron chi connectivity index (χ3n) is 6.53. The summed E-state index contributed by atoms with van der Waals surface area (Å²) in [6, 6.07) is 8.62. The second kappa shape index (κ2) is 9.85. The molecule has 0 bridgehead atoms. The monoisotopic (exact) mass is 497 g/mol. The molecule has 2 heterocycles. The first-order valence-corrected chi connectivity index (χ1v) is 11.8. The van der Waals surface area contributed by atoms with Crippen molar-refractivity contribution in [2.45, 2.75) is 39.7 Å². The van der Waals surface area contributed by atoms with Gasteiger partial charge in [-0.05, 0) is 35.6 Å². The maximum Gasteiger partial charge on any atom is 0.341 e. The van der Waals surface area contributed by atoms with Crippen LogP contribution in [0.15, 0.2) is 47.4 Å². The number of carboxylic acids is 1. The third kappa shape index (κ3) is 4.78. The number of aromatic carboxylic acids is 1. The number of halogens is 2. The number of aromatic nitrogens is 1. The molecule has 8 heteroatoms. The van der Waals surface area contributed by atoms with Gasteiger partial charge in [-0.15, -0.1) is 0 Å². The number of ether oxygens (including phenoxy) is 2. The molecular formula is C28H29F2NO5. The van der Waals surface area contributed by atoms with Crippen LogP contribution >= 0.6 is 0 Å². The Labute approximate surface area is 208 Å². The van der Waals surface area contributed by atoms with Crippen LogP contribution in [0, 0.1) is 17.0 Å². The van der Waals surface area contributed by atoms with Crippen molar-refractivity contribution in [1.82, 2.24) is 4.57 Å². The van der Waals surface area contributed by atoms with Gasteiger partial charge in [-0.2, -0.15) is 0 Å². The van der Waals surface area contributed by atoms with Crippen molar-refractivity contribution in [3.63, 3.8) is 0 Å². The second-order valence-electron chi connectivity index (χ2n) is 10.0. The van der Waals surface area contributed by atoms with Crippen LogP contribution in [-0.4, -0.2) is 36.0 Å². The van der Waals surface area contributed by atoms with Crippen molar-refractivity contribution in [3.8, 4) is 28.1 Å². The number of benzene rings is 2. The molecule has 1 atom stereocenters. The molecule has 0 radical (unpaired) electrons. The third-order valence-corrected chi connectivity index (χ3v) is 6.53. The van der Waals surface area contributed by atoms with Gasteiger partial charge in [0.05, 0.1) is 12.3 Å². The molecule has 1 aromatic heterocycles. The van der Waals surface area contributed by atoms with Crippen molar-refractivity contribution < 1.29 is 28.2 Å².